The highest BCUT2D eigenvalue weighted by Gasteiger charge is 2.26. The van der Waals surface area contributed by atoms with Gasteiger partial charge in [0.05, 0.1) is 0 Å². The van der Waals surface area contributed by atoms with Crippen molar-refractivity contribution < 1.29 is 0 Å². The molecule has 0 aliphatic heterocycles. The maximum absolute atomic E-state index is 6.20. The fraction of sp³-hybridized carbons (Fsp3) is 0.625. The van der Waals surface area contributed by atoms with Crippen LogP contribution in [0.4, 0.5) is 0 Å². The van der Waals surface area contributed by atoms with Gasteiger partial charge in [-0.15, -0.1) is 0 Å². The summed E-state index contributed by atoms with van der Waals surface area (Å²) >= 11 is 0. The molecule has 0 saturated heterocycles. The van der Waals surface area contributed by atoms with E-state index in [0.29, 0.717) is 6.04 Å². The normalized spacial score (nSPS) is 19.6. The lowest BCUT2D eigenvalue weighted by Crippen LogP contribution is -2.40. The van der Waals surface area contributed by atoms with Crippen LogP contribution in [0.3, 0.4) is 0 Å². The Morgan fingerprint density at radius 1 is 1.28 bits per heavy atom. The Morgan fingerprint density at radius 2 is 1.89 bits per heavy atom. The van der Waals surface area contributed by atoms with Crippen molar-refractivity contribution in [1.82, 2.24) is 4.90 Å². The summed E-state index contributed by atoms with van der Waals surface area (Å²) in [6, 6.07) is 9.31. The second-order valence-corrected chi connectivity index (χ2v) is 5.95. The van der Waals surface area contributed by atoms with Crippen molar-refractivity contribution in [3.05, 3.63) is 35.4 Å². The Morgan fingerprint density at radius 3 is 2.33 bits per heavy atom. The maximum atomic E-state index is 6.20. The van der Waals surface area contributed by atoms with Gasteiger partial charge in [-0.25, -0.2) is 0 Å². The third-order valence-electron chi connectivity index (χ3n) is 4.16. The van der Waals surface area contributed by atoms with Crippen LogP contribution >= 0.6 is 0 Å². The molecule has 100 valence electrons. The summed E-state index contributed by atoms with van der Waals surface area (Å²) in [5, 5.41) is 0. The van der Waals surface area contributed by atoms with Crippen molar-refractivity contribution in [2.45, 2.75) is 45.2 Å². The molecule has 2 nitrogen and oxygen atoms in total. The summed E-state index contributed by atoms with van der Waals surface area (Å²) < 4.78 is 0. The van der Waals surface area contributed by atoms with Crippen LogP contribution in [0.1, 0.15) is 43.4 Å². The van der Waals surface area contributed by atoms with Gasteiger partial charge in [-0.1, -0.05) is 36.2 Å². The molecule has 2 N–H and O–H groups in total. The highest BCUT2D eigenvalue weighted by molar-refractivity contribution is 5.25. The molecule has 0 amide bonds. The molecular weight excluding hydrogens is 220 g/mol. The summed E-state index contributed by atoms with van der Waals surface area (Å²) in [5.74, 6) is 0.890. The number of hydrogen-bond acceptors (Lipinski definition) is 2. The minimum Gasteiger partial charge on any atom is -0.326 e. The molecule has 0 heterocycles. The fourth-order valence-electron chi connectivity index (χ4n) is 2.92. The summed E-state index contributed by atoms with van der Waals surface area (Å²) in [6.45, 7) is 5.42. The standard InChI is InChI=1S/C16H26N2/c1-12-7-9-15(10-8-12)16(13(2)17)18(3)11-14-5-4-6-14/h7-10,13-14,16H,4-6,11,17H2,1-3H3. The average Bonchev–Trinajstić information content (AvgIpc) is 2.26. The molecule has 1 aliphatic rings. The van der Waals surface area contributed by atoms with Gasteiger partial charge in [0.25, 0.3) is 0 Å². The number of benzene rings is 1. The Bertz CT molecular complexity index is 365. The van der Waals surface area contributed by atoms with E-state index in [-0.39, 0.29) is 6.04 Å². The molecule has 2 atom stereocenters. The van der Waals surface area contributed by atoms with Gasteiger partial charge in [-0.3, -0.25) is 4.90 Å². The molecule has 18 heavy (non-hydrogen) atoms. The third kappa shape index (κ3) is 3.12. The van der Waals surface area contributed by atoms with Crippen LogP contribution in [-0.2, 0) is 0 Å². The highest BCUT2D eigenvalue weighted by atomic mass is 15.1. The number of nitrogens with zero attached hydrogens (tertiary/aromatic N) is 1. The molecular formula is C16H26N2. The van der Waals surface area contributed by atoms with E-state index >= 15 is 0 Å². The van der Waals surface area contributed by atoms with E-state index in [2.05, 4.69) is 50.1 Å². The summed E-state index contributed by atoms with van der Waals surface area (Å²) in [7, 11) is 2.21. The van der Waals surface area contributed by atoms with Crippen molar-refractivity contribution in [2.75, 3.05) is 13.6 Å². The predicted octanol–water partition coefficient (Wildman–Crippen LogP) is 3.12. The molecule has 1 saturated carbocycles. The second-order valence-electron chi connectivity index (χ2n) is 5.95. The number of rotatable bonds is 5. The van der Waals surface area contributed by atoms with Gasteiger partial charge in [0, 0.05) is 18.6 Å². The van der Waals surface area contributed by atoms with Crippen molar-refractivity contribution >= 4 is 0 Å². The van der Waals surface area contributed by atoms with Gasteiger partial charge in [0.1, 0.15) is 0 Å². The smallest absolute Gasteiger partial charge is 0.0493 e. The fourth-order valence-corrected chi connectivity index (χ4v) is 2.92. The first-order chi connectivity index (χ1) is 8.58. The highest BCUT2D eigenvalue weighted by Crippen LogP contribution is 2.30. The van der Waals surface area contributed by atoms with Crippen LogP contribution in [0.15, 0.2) is 24.3 Å². The third-order valence-corrected chi connectivity index (χ3v) is 4.16. The van der Waals surface area contributed by atoms with E-state index in [0.717, 1.165) is 5.92 Å². The summed E-state index contributed by atoms with van der Waals surface area (Å²) in [5.41, 5.74) is 8.86. The largest absolute Gasteiger partial charge is 0.326 e. The molecule has 0 bridgehead atoms. The Kier molecular flexibility index (Phi) is 4.41. The number of hydrogen-bond donors (Lipinski definition) is 1. The number of nitrogens with two attached hydrogens (primary N) is 1. The van der Waals surface area contributed by atoms with E-state index in [4.69, 9.17) is 5.73 Å². The van der Waals surface area contributed by atoms with Gasteiger partial charge in [0.15, 0.2) is 0 Å². The SMILES string of the molecule is Cc1ccc(C(C(C)N)N(C)CC2CCC2)cc1. The van der Waals surface area contributed by atoms with Crippen LogP contribution in [0.5, 0.6) is 0 Å². The van der Waals surface area contributed by atoms with Gasteiger partial charge in [-0.05, 0) is 45.2 Å². The van der Waals surface area contributed by atoms with Crippen LogP contribution < -0.4 is 5.73 Å². The quantitative estimate of drug-likeness (QED) is 0.865. The van der Waals surface area contributed by atoms with Gasteiger partial charge < -0.3 is 5.73 Å². The Hall–Kier alpha value is -0.860. The first-order valence-electron chi connectivity index (χ1n) is 7.10. The van der Waals surface area contributed by atoms with Crippen molar-refractivity contribution in [3.63, 3.8) is 0 Å². The van der Waals surface area contributed by atoms with Gasteiger partial charge in [0.2, 0.25) is 0 Å². The predicted molar refractivity (Wildman–Crippen MR) is 77.5 cm³/mol. The van der Waals surface area contributed by atoms with E-state index in [1.165, 1.54) is 36.9 Å². The lowest BCUT2D eigenvalue weighted by atomic mass is 9.84. The molecule has 1 fully saturated rings. The monoisotopic (exact) mass is 246 g/mol. The molecule has 1 aromatic rings. The molecule has 0 spiro atoms. The van der Waals surface area contributed by atoms with E-state index in [1.54, 1.807) is 0 Å². The first kappa shape index (κ1) is 13.6. The molecule has 0 aromatic heterocycles. The van der Waals surface area contributed by atoms with Crippen molar-refractivity contribution in [1.29, 1.82) is 0 Å². The Labute approximate surface area is 111 Å². The molecule has 0 radical (unpaired) electrons. The van der Waals surface area contributed by atoms with E-state index < -0.39 is 0 Å². The summed E-state index contributed by atoms with van der Waals surface area (Å²) in [4.78, 5) is 2.44. The molecule has 2 heteroatoms. The molecule has 1 aromatic carbocycles. The van der Waals surface area contributed by atoms with Crippen molar-refractivity contribution in [3.8, 4) is 0 Å². The lowest BCUT2D eigenvalue weighted by molar-refractivity contribution is 0.149. The first-order valence-corrected chi connectivity index (χ1v) is 7.10. The zero-order valence-corrected chi connectivity index (χ0v) is 11.9. The minimum atomic E-state index is 0.165. The van der Waals surface area contributed by atoms with Crippen LogP contribution in [-0.4, -0.2) is 24.5 Å². The lowest BCUT2D eigenvalue weighted by Gasteiger charge is -2.37. The number of aryl methyl sites for hydroxylation is 1. The molecule has 1 aliphatic carbocycles. The van der Waals surface area contributed by atoms with Crippen molar-refractivity contribution in [2.24, 2.45) is 11.7 Å². The zero-order valence-electron chi connectivity index (χ0n) is 11.9. The average molecular weight is 246 g/mol. The van der Waals surface area contributed by atoms with Crippen LogP contribution in [0, 0.1) is 12.8 Å². The minimum absolute atomic E-state index is 0.165. The van der Waals surface area contributed by atoms with Gasteiger partial charge >= 0.3 is 0 Å². The molecule has 2 rings (SSSR count). The van der Waals surface area contributed by atoms with E-state index in [1.807, 2.05) is 0 Å². The summed E-state index contributed by atoms with van der Waals surface area (Å²) in [6.07, 6.45) is 4.19. The van der Waals surface area contributed by atoms with Crippen LogP contribution in [0.2, 0.25) is 0 Å². The van der Waals surface area contributed by atoms with Gasteiger partial charge in [-0.2, -0.15) is 0 Å². The molecule has 2 unspecified atom stereocenters. The van der Waals surface area contributed by atoms with Crippen LogP contribution in [0.25, 0.3) is 0 Å². The second kappa shape index (κ2) is 5.85. The van der Waals surface area contributed by atoms with E-state index in [9.17, 15) is 0 Å². The number of likely N-dealkylation sites (N-methyl/N-ethyl adjacent to an activating group) is 1. The zero-order chi connectivity index (χ0) is 13.1. The Balaban J connectivity index is 2.08. The maximum Gasteiger partial charge on any atom is 0.0493 e. The topological polar surface area (TPSA) is 29.3 Å².